The van der Waals surface area contributed by atoms with Crippen LogP contribution in [0.25, 0.3) is 22.3 Å². The monoisotopic (exact) mass is 601 g/mol. The first kappa shape index (κ1) is 29.9. The molecule has 1 N–H and O–H groups in total. The van der Waals surface area contributed by atoms with E-state index in [9.17, 15) is 22.4 Å². The first-order valence-electron chi connectivity index (χ1n) is 15.1. The van der Waals surface area contributed by atoms with Crippen LogP contribution in [0.2, 0.25) is 0 Å². The average molecular weight is 602 g/mol. The van der Waals surface area contributed by atoms with Crippen molar-refractivity contribution in [1.29, 1.82) is 0 Å². The van der Waals surface area contributed by atoms with Gasteiger partial charge in [0.05, 0.1) is 0 Å². The number of benzene rings is 4. The second-order valence-corrected chi connectivity index (χ2v) is 11.6. The van der Waals surface area contributed by atoms with Gasteiger partial charge in [-0.15, -0.1) is 0 Å². The molecule has 1 fully saturated rings. The van der Waals surface area contributed by atoms with E-state index in [1.165, 1.54) is 28.9 Å². The number of hydrogen-bond acceptors (Lipinski definition) is 3. The van der Waals surface area contributed by atoms with Gasteiger partial charge in [0.2, 0.25) is 5.91 Å². The summed E-state index contributed by atoms with van der Waals surface area (Å²) in [6.07, 6.45) is -2.89. The van der Waals surface area contributed by atoms with Crippen LogP contribution in [0.1, 0.15) is 30.4 Å². The highest BCUT2D eigenvalue weighted by molar-refractivity contribution is 6.00. The van der Waals surface area contributed by atoms with Crippen molar-refractivity contribution in [2.45, 2.75) is 30.9 Å². The number of amides is 1. The van der Waals surface area contributed by atoms with E-state index in [0.29, 0.717) is 23.1 Å². The molecular formula is C36H35F4N3O. The van der Waals surface area contributed by atoms with Crippen LogP contribution in [-0.4, -0.2) is 56.3 Å². The zero-order valence-corrected chi connectivity index (χ0v) is 24.4. The van der Waals surface area contributed by atoms with Crippen molar-refractivity contribution in [3.8, 4) is 22.3 Å². The SMILES string of the molecule is O=C(NCC(F)(F)F)C1(CCCCN2CCN(c3cccc(-c4ccccc4)c3)CC2)c2ccccc2-c2ccc(F)cc21. The molecule has 44 heavy (non-hydrogen) atoms. The number of alkyl halides is 3. The summed E-state index contributed by atoms with van der Waals surface area (Å²) in [7, 11) is 0. The summed E-state index contributed by atoms with van der Waals surface area (Å²) >= 11 is 0. The van der Waals surface area contributed by atoms with Crippen LogP contribution in [0.3, 0.4) is 0 Å². The largest absolute Gasteiger partial charge is 0.405 e. The molecule has 0 aromatic heterocycles. The molecule has 1 atom stereocenters. The summed E-state index contributed by atoms with van der Waals surface area (Å²) in [6.45, 7) is 2.95. The predicted molar refractivity (Wildman–Crippen MR) is 166 cm³/mol. The predicted octanol–water partition coefficient (Wildman–Crippen LogP) is 7.43. The van der Waals surface area contributed by atoms with E-state index in [1.54, 1.807) is 18.2 Å². The summed E-state index contributed by atoms with van der Waals surface area (Å²) in [4.78, 5) is 18.5. The van der Waals surface area contributed by atoms with Crippen molar-refractivity contribution in [3.63, 3.8) is 0 Å². The Hall–Kier alpha value is -4.17. The van der Waals surface area contributed by atoms with Gasteiger partial charge in [-0.05, 0) is 77.0 Å². The molecule has 8 heteroatoms. The maximum atomic E-state index is 14.5. The standard InChI is InChI=1S/C36H35F4N3O/c37-28-15-16-31-30-13-4-5-14-32(30)35(33(31)24-28,34(44)41-25-36(38,39)40)17-6-7-18-42-19-21-43(22-20-42)29-12-8-11-27(23-29)26-9-2-1-3-10-26/h1-5,8-16,23-24H,6-7,17-22,25H2,(H,41,44). The third-order valence-corrected chi connectivity index (χ3v) is 8.92. The van der Waals surface area contributed by atoms with E-state index in [4.69, 9.17) is 0 Å². The first-order chi connectivity index (χ1) is 21.2. The normalized spacial score (nSPS) is 18.1. The van der Waals surface area contributed by atoms with Crippen molar-refractivity contribution >= 4 is 11.6 Å². The lowest BCUT2D eigenvalue weighted by Crippen LogP contribution is -2.47. The molecule has 1 saturated heterocycles. The van der Waals surface area contributed by atoms with Crippen molar-refractivity contribution in [1.82, 2.24) is 10.2 Å². The van der Waals surface area contributed by atoms with Gasteiger partial charge in [0.15, 0.2) is 0 Å². The molecule has 4 aromatic carbocycles. The second kappa shape index (κ2) is 12.4. The molecule has 228 valence electrons. The molecule has 2 aliphatic rings. The van der Waals surface area contributed by atoms with Crippen LogP contribution in [-0.2, 0) is 10.2 Å². The lowest BCUT2D eigenvalue weighted by molar-refractivity contribution is -0.141. The number of carbonyl (C=O) groups is 1. The maximum Gasteiger partial charge on any atom is 0.405 e. The zero-order chi connectivity index (χ0) is 30.7. The summed E-state index contributed by atoms with van der Waals surface area (Å²) in [5.74, 6) is -1.25. The summed E-state index contributed by atoms with van der Waals surface area (Å²) < 4.78 is 54.0. The number of piperazine rings is 1. The highest BCUT2D eigenvalue weighted by Gasteiger charge is 2.49. The van der Waals surface area contributed by atoms with Crippen LogP contribution in [0.15, 0.2) is 97.1 Å². The molecule has 1 aliphatic carbocycles. The molecule has 1 heterocycles. The average Bonchev–Trinajstić information content (AvgIpc) is 3.32. The fourth-order valence-electron chi connectivity index (χ4n) is 6.77. The number of halogens is 4. The summed E-state index contributed by atoms with van der Waals surface area (Å²) in [5, 5.41) is 2.13. The van der Waals surface area contributed by atoms with E-state index in [0.717, 1.165) is 44.7 Å². The molecule has 4 nitrogen and oxygen atoms in total. The van der Waals surface area contributed by atoms with Gasteiger partial charge in [-0.25, -0.2) is 4.39 Å². The third kappa shape index (κ3) is 6.09. The van der Waals surface area contributed by atoms with Crippen LogP contribution < -0.4 is 10.2 Å². The number of hydrogen-bond donors (Lipinski definition) is 1. The Labute approximate surface area is 255 Å². The number of nitrogens with zero attached hydrogens (tertiary/aromatic N) is 2. The minimum Gasteiger partial charge on any atom is -0.369 e. The van der Waals surface area contributed by atoms with Crippen LogP contribution in [0.5, 0.6) is 0 Å². The summed E-state index contributed by atoms with van der Waals surface area (Å²) in [6, 6.07) is 30.4. The van der Waals surface area contributed by atoms with Gasteiger partial charge in [0.1, 0.15) is 17.8 Å². The lowest BCUT2D eigenvalue weighted by atomic mass is 9.73. The Morgan fingerprint density at radius 2 is 1.45 bits per heavy atom. The Bertz CT molecular complexity index is 1620. The summed E-state index contributed by atoms with van der Waals surface area (Å²) in [5.41, 5.74) is 4.71. The molecule has 1 aliphatic heterocycles. The van der Waals surface area contributed by atoms with Gasteiger partial charge < -0.3 is 10.2 Å². The number of anilines is 1. The number of unbranched alkanes of at least 4 members (excludes halogenated alkanes) is 1. The Kier molecular flexibility index (Phi) is 8.45. The molecule has 1 unspecified atom stereocenters. The zero-order valence-electron chi connectivity index (χ0n) is 24.4. The third-order valence-electron chi connectivity index (χ3n) is 8.92. The van der Waals surface area contributed by atoms with Gasteiger partial charge >= 0.3 is 6.18 Å². The topological polar surface area (TPSA) is 35.6 Å². The molecule has 1 amide bonds. The Morgan fingerprint density at radius 3 is 2.23 bits per heavy atom. The van der Waals surface area contributed by atoms with Gasteiger partial charge in [0.25, 0.3) is 0 Å². The second-order valence-electron chi connectivity index (χ2n) is 11.6. The molecule has 0 bridgehead atoms. The minimum absolute atomic E-state index is 0.288. The number of rotatable bonds is 9. The van der Waals surface area contributed by atoms with Crippen molar-refractivity contribution < 1.29 is 22.4 Å². The molecular weight excluding hydrogens is 566 g/mol. The Balaban J connectivity index is 1.12. The van der Waals surface area contributed by atoms with Gasteiger partial charge in [-0.1, -0.05) is 79.2 Å². The molecule has 6 rings (SSSR count). The lowest BCUT2D eigenvalue weighted by Gasteiger charge is -2.36. The van der Waals surface area contributed by atoms with Gasteiger partial charge in [0, 0.05) is 31.9 Å². The molecule has 0 saturated carbocycles. The molecule has 0 radical (unpaired) electrons. The van der Waals surface area contributed by atoms with Crippen molar-refractivity contribution in [3.05, 3.63) is 114 Å². The fraction of sp³-hybridized carbons (Fsp3) is 0.306. The van der Waals surface area contributed by atoms with Crippen molar-refractivity contribution in [2.75, 3.05) is 44.2 Å². The molecule has 0 spiro atoms. The number of carbonyl (C=O) groups excluding carboxylic acids is 1. The van der Waals surface area contributed by atoms with Gasteiger partial charge in [-0.3, -0.25) is 9.69 Å². The smallest absolute Gasteiger partial charge is 0.369 e. The highest BCUT2D eigenvalue weighted by atomic mass is 19.4. The van der Waals surface area contributed by atoms with Crippen LogP contribution >= 0.6 is 0 Å². The first-order valence-corrected chi connectivity index (χ1v) is 15.1. The quantitative estimate of drug-likeness (QED) is 0.160. The highest BCUT2D eigenvalue weighted by Crippen LogP contribution is 2.52. The Morgan fingerprint density at radius 1 is 0.750 bits per heavy atom. The van der Waals surface area contributed by atoms with E-state index in [2.05, 4.69) is 51.5 Å². The van der Waals surface area contributed by atoms with E-state index >= 15 is 0 Å². The number of nitrogens with one attached hydrogen (secondary N) is 1. The van der Waals surface area contributed by atoms with Crippen LogP contribution in [0.4, 0.5) is 23.2 Å². The van der Waals surface area contributed by atoms with E-state index in [-0.39, 0.29) is 6.42 Å². The number of fused-ring (bicyclic) bond motifs is 3. The van der Waals surface area contributed by atoms with Crippen LogP contribution in [0, 0.1) is 5.82 Å². The van der Waals surface area contributed by atoms with Gasteiger partial charge in [-0.2, -0.15) is 13.2 Å². The van der Waals surface area contributed by atoms with E-state index in [1.807, 2.05) is 30.3 Å². The molecule has 4 aromatic rings. The van der Waals surface area contributed by atoms with E-state index < -0.39 is 29.9 Å². The van der Waals surface area contributed by atoms with Crippen molar-refractivity contribution in [2.24, 2.45) is 0 Å². The maximum absolute atomic E-state index is 14.5. The fourth-order valence-corrected chi connectivity index (χ4v) is 6.77. The minimum atomic E-state index is -4.55.